The lowest BCUT2D eigenvalue weighted by molar-refractivity contribution is 0.0674. The maximum atomic E-state index is 12.5. The average molecular weight is 294 g/mol. The van der Waals surface area contributed by atoms with E-state index in [1.807, 2.05) is 13.8 Å². The van der Waals surface area contributed by atoms with Crippen molar-refractivity contribution >= 4 is 5.91 Å². The van der Waals surface area contributed by atoms with Gasteiger partial charge in [-0.3, -0.25) is 14.6 Å². The van der Waals surface area contributed by atoms with Gasteiger partial charge in [-0.05, 0) is 33.2 Å². The van der Waals surface area contributed by atoms with E-state index in [0.717, 1.165) is 25.8 Å². The summed E-state index contributed by atoms with van der Waals surface area (Å²) in [5, 5.41) is 3.40. The molecule has 0 radical (unpaired) electrons. The molecular formula is C14H22N4O3. The van der Waals surface area contributed by atoms with Crippen molar-refractivity contribution in [3.8, 4) is 0 Å². The van der Waals surface area contributed by atoms with Gasteiger partial charge in [0, 0.05) is 24.8 Å². The van der Waals surface area contributed by atoms with Crippen LogP contribution in [-0.4, -0.2) is 45.9 Å². The molecule has 1 atom stereocenters. The first kappa shape index (κ1) is 15.5. The monoisotopic (exact) mass is 294 g/mol. The summed E-state index contributed by atoms with van der Waals surface area (Å²) in [5.41, 5.74) is -1.29. The number of amides is 1. The van der Waals surface area contributed by atoms with Gasteiger partial charge < -0.3 is 15.2 Å². The first-order chi connectivity index (χ1) is 9.99. The Balaban J connectivity index is 2.18. The molecule has 21 heavy (non-hydrogen) atoms. The molecule has 2 rings (SSSR count). The van der Waals surface area contributed by atoms with Gasteiger partial charge in [-0.25, -0.2) is 4.79 Å². The third-order valence-electron chi connectivity index (χ3n) is 3.76. The van der Waals surface area contributed by atoms with E-state index in [2.05, 4.69) is 15.3 Å². The molecule has 1 amide bonds. The Labute approximate surface area is 122 Å². The van der Waals surface area contributed by atoms with Gasteiger partial charge in [0.25, 0.3) is 11.5 Å². The van der Waals surface area contributed by atoms with E-state index in [-0.39, 0.29) is 23.6 Å². The number of carbonyl (C=O) groups is 1. The first-order valence-corrected chi connectivity index (χ1v) is 7.35. The quantitative estimate of drug-likeness (QED) is 0.731. The SMILES string of the molecule is CC(C)N(CC1CCCCN1)C(=O)c1c[nH]c(=O)[nH]c1=O. The van der Waals surface area contributed by atoms with Crippen molar-refractivity contribution < 1.29 is 4.79 Å². The Hall–Kier alpha value is -1.89. The van der Waals surface area contributed by atoms with Crippen molar-refractivity contribution in [3.05, 3.63) is 32.6 Å². The van der Waals surface area contributed by atoms with E-state index in [0.29, 0.717) is 6.54 Å². The Bertz CT molecular complexity index is 599. The van der Waals surface area contributed by atoms with Gasteiger partial charge in [-0.15, -0.1) is 0 Å². The third kappa shape index (κ3) is 3.81. The fraction of sp³-hybridized carbons (Fsp3) is 0.643. The molecule has 1 fully saturated rings. The zero-order chi connectivity index (χ0) is 15.4. The molecule has 0 aliphatic carbocycles. The van der Waals surface area contributed by atoms with Crippen LogP contribution in [0.3, 0.4) is 0 Å². The van der Waals surface area contributed by atoms with E-state index in [1.54, 1.807) is 4.90 Å². The van der Waals surface area contributed by atoms with E-state index in [9.17, 15) is 14.4 Å². The summed E-state index contributed by atoms with van der Waals surface area (Å²) in [6.45, 7) is 5.36. The average Bonchev–Trinajstić information content (AvgIpc) is 2.45. The molecule has 7 heteroatoms. The van der Waals surface area contributed by atoms with Crippen LogP contribution in [0.1, 0.15) is 43.5 Å². The fourth-order valence-corrected chi connectivity index (χ4v) is 2.57. The van der Waals surface area contributed by atoms with Crippen molar-refractivity contribution in [2.75, 3.05) is 13.1 Å². The smallest absolute Gasteiger partial charge is 0.325 e. The molecule has 1 aliphatic rings. The van der Waals surface area contributed by atoms with Crippen molar-refractivity contribution in [2.45, 2.75) is 45.2 Å². The van der Waals surface area contributed by atoms with Gasteiger partial charge in [0.15, 0.2) is 0 Å². The van der Waals surface area contributed by atoms with Gasteiger partial charge in [-0.1, -0.05) is 6.42 Å². The molecule has 0 aromatic carbocycles. The summed E-state index contributed by atoms with van der Waals surface area (Å²) < 4.78 is 0. The maximum absolute atomic E-state index is 12.5. The largest absolute Gasteiger partial charge is 0.334 e. The summed E-state index contributed by atoms with van der Waals surface area (Å²) >= 11 is 0. The highest BCUT2D eigenvalue weighted by Crippen LogP contribution is 2.12. The van der Waals surface area contributed by atoms with Crippen molar-refractivity contribution in [1.82, 2.24) is 20.2 Å². The highest BCUT2D eigenvalue weighted by Gasteiger charge is 2.25. The molecule has 2 heterocycles. The van der Waals surface area contributed by atoms with Gasteiger partial charge in [-0.2, -0.15) is 0 Å². The molecule has 0 spiro atoms. The van der Waals surface area contributed by atoms with Crippen LogP contribution >= 0.6 is 0 Å². The Morgan fingerprint density at radius 2 is 2.14 bits per heavy atom. The maximum Gasteiger partial charge on any atom is 0.325 e. The Kier molecular flexibility index (Phi) is 4.95. The molecule has 1 aliphatic heterocycles. The van der Waals surface area contributed by atoms with Gasteiger partial charge >= 0.3 is 5.69 Å². The predicted octanol–water partition coefficient (Wildman–Crippen LogP) is 0.0559. The molecule has 3 N–H and O–H groups in total. The summed E-state index contributed by atoms with van der Waals surface area (Å²) in [7, 11) is 0. The minimum absolute atomic E-state index is 0.0208. The van der Waals surface area contributed by atoms with Gasteiger partial charge in [0.05, 0.1) is 0 Å². The molecule has 1 unspecified atom stereocenters. The summed E-state index contributed by atoms with van der Waals surface area (Å²) in [5.74, 6) is -0.352. The number of hydrogen-bond acceptors (Lipinski definition) is 4. The number of carbonyl (C=O) groups excluding carboxylic acids is 1. The standard InChI is InChI=1S/C14H22N4O3/c1-9(2)18(8-10-5-3-4-6-15-10)13(20)11-7-16-14(21)17-12(11)19/h7,9-10,15H,3-6,8H2,1-2H3,(H2,16,17,19,21). The molecule has 0 bridgehead atoms. The topological polar surface area (TPSA) is 98.1 Å². The Morgan fingerprint density at radius 3 is 2.71 bits per heavy atom. The number of piperidine rings is 1. The number of rotatable bonds is 4. The second-order valence-corrected chi connectivity index (χ2v) is 5.68. The van der Waals surface area contributed by atoms with Crippen LogP contribution in [0, 0.1) is 0 Å². The van der Waals surface area contributed by atoms with Crippen molar-refractivity contribution in [3.63, 3.8) is 0 Å². The lowest BCUT2D eigenvalue weighted by atomic mass is 10.0. The molecular weight excluding hydrogens is 272 g/mol. The number of nitrogens with one attached hydrogen (secondary N) is 3. The number of H-pyrrole nitrogens is 2. The minimum Gasteiger partial charge on any atom is -0.334 e. The zero-order valence-electron chi connectivity index (χ0n) is 12.4. The highest BCUT2D eigenvalue weighted by molar-refractivity contribution is 5.93. The molecule has 116 valence electrons. The van der Waals surface area contributed by atoms with Crippen molar-refractivity contribution in [1.29, 1.82) is 0 Å². The van der Waals surface area contributed by atoms with Gasteiger partial charge in [0.1, 0.15) is 5.56 Å². The highest BCUT2D eigenvalue weighted by atomic mass is 16.2. The predicted molar refractivity (Wildman–Crippen MR) is 79.5 cm³/mol. The van der Waals surface area contributed by atoms with E-state index < -0.39 is 11.2 Å². The van der Waals surface area contributed by atoms with Crippen LogP contribution in [0.2, 0.25) is 0 Å². The second-order valence-electron chi connectivity index (χ2n) is 5.68. The van der Waals surface area contributed by atoms with E-state index >= 15 is 0 Å². The lowest BCUT2D eigenvalue weighted by Crippen LogP contribution is -2.49. The third-order valence-corrected chi connectivity index (χ3v) is 3.76. The molecule has 7 nitrogen and oxygen atoms in total. The Morgan fingerprint density at radius 1 is 1.38 bits per heavy atom. The van der Waals surface area contributed by atoms with Gasteiger partial charge in [0.2, 0.25) is 0 Å². The molecule has 1 saturated heterocycles. The molecule has 1 aromatic heterocycles. The number of hydrogen-bond donors (Lipinski definition) is 3. The normalized spacial score (nSPS) is 18.7. The minimum atomic E-state index is -0.647. The summed E-state index contributed by atoms with van der Waals surface area (Å²) in [6, 6.07) is 0.236. The summed E-state index contributed by atoms with van der Waals surface area (Å²) in [4.78, 5) is 41.5. The fourth-order valence-electron chi connectivity index (χ4n) is 2.57. The summed E-state index contributed by atoms with van der Waals surface area (Å²) in [6.07, 6.45) is 4.52. The number of aromatic amines is 2. The lowest BCUT2D eigenvalue weighted by Gasteiger charge is -2.33. The van der Waals surface area contributed by atoms with E-state index in [1.165, 1.54) is 6.20 Å². The van der Waals surface area contributed by atoms with Crippen LogP contribution in [0.4, 0.5) is 0 Å². The number of aromatic nitrogens is 2. The van der Waals surface area contributed by atoms with Crippen LogP contribution in [0.25, 0.3) is 0 Å². The molecule has 0 saturated carbocycles. The second kappa shape index (κ2) is 6.71. The van der Waals surface area contributed by atoms with Crippen LogP contribution in [0.5, 0.6) is 0 Å². The van der Waals surface area contributed by atoms with Crippen molar-refractivity contribution in [2.24, 2.45) is 0 Å². The number of nitrogens with zero attached hydrogens (tertiary/aromatic N) is 1. The van der Waals surface area contributed by atoms with Crippen LogP contribution in [-0.2, 0) is 0 Å². The first-order valence-electron chi connectivity index (χ1n) is 7.35. The van der Waals surface area contributed by atoms with Crippen LogP contribution < -0.4 is 16.6 Å². The van der Waals surface area contributed by atoms with E-state index in [4.69, 9.17) is 0 Å². The zero-order valence-corrected chi connectivity index (χ0v) is 12.4. The van der Waals surface area contributed by atoms with Crippen LogP contribution in [0.15, 0.2) is 15.8 Å². The molecule has 1 aromatic rings.